The van der Waals surface area contributed by atoms with Crippen molar-refractivity contribution < 1.29 is 22.2 Å². The third kappa shape index (κ3) is 18.6. The molecule has 2 aliphatic rings. The average Bonchev–Trinajstić information content (AvgIpc) is 3.81. The third-order valence-electron chi connectivity index (χ3n) is 6.25. The molecule has 0 amide bonds. The molecule has 8 heteroatoms. The summed E-state index contributed by atoms with van der Waals surface area (Å²) in [6.45, 7) is 8.03. The van der Waals surface area contributed by atoms with E-state index in [1.807, 2.05) is 111 Å². The maximum absolute atomic E-state index is 10.2. The molecule has 0 bridgehead atoms. The van der Waals surface area contributed by atoms with Crippen LogP contribution in [0.1, 0.15) is 67.3 Å². The molecule has 2 aliphatic heterocycles. The minimum absolute atomic E-state index is 0. The molecule has 6 rings (SSSR count). The van der Waals surface area contributed by atoms with Gasteiger partial charge >= 0.3 is 23.1 Å². The van der Waals surface area contributed by atoms with E-state index in [0.29, 0.717) is 0 Å². The van der Waals surface area contributed by atoms with Gasteiger partial charge in [0.05, 0.1) is 0 Å². The number of ether oxygens (including phenoxy) is 2. The van der Waals surface area contributed by atoms with Crippen LogP contribution in [0, 0.1) is 13.8 Å². The minimum atomic E-state index is -0.548. The van der Waals surface area contributed by atoms with Crippen molar-refractivity contribution in [2.75, 3.05) is 26.4 Å². The quantitative estimate of drug-likeness (QED) is 0.166. The number of hydrogen-bond acceptors (Lipinski definition) is 4. The molecule has 2 fully saturated rings. The molecular weight excluding hydrogens is 760 g/mol. The average molecular weight is 804 g/mol. The first kappa shape index (κ1) is 40.7. The zero-order valence-electron chi connectivity index (χ0n) is 27.6. The number of hydrogen-bond donors (Lipinski definition) is 1. The fraction of sp³-hybridized carbons (Fsp3) is 0.306. The molecule has 0 spiro atoms. The number of aliphatic hydroxyl groups excluding tert-OH is 1. The maximum Gasteiger partial charge on any atom is 2.00 e. The van der Waals surface area contributed by atoms with Gasteiger partial charge < -0.3 is 17.4 Å². The first-order valence-corrected chi connectivity index (χ1v) is 16.7. The normalized spacial score (nSPS) is 13.5. The SMILES string of the molecule is Brc1ccc(Br)cc1.C1CCOC1.C1CCOC1.Cc1ccc(C(O)c2ccc(Br)cc2)cc1.Cc1ccc(C=O)cc1.[H-].[H-].[Mg+2]. The summed E-state index contributed by atoms with van der Waals surface area (Å²) in [5, 5.41) is 10.2. The molecule has 4 aromatic rings. The molecule has 0 saturated carbocycles. The van der Waals surface area contributed by atoms with Crippen molar-refractivity contribution in [2.24, 2.45) is 0 Å². The first-order valence-electron chi connectivity index (χ1n) is 14.4. The van der Waals surface area contributed by atoms with E-state index in [1.165, 1.54) is 36.8 Å². The molecule has 4 aromatic carbocycles. The van der Waals surface area contributed by atoms with Gasteiger partial charge in [0.1, 0.15) is 12.4 Å². The van der Waals surface area contributed by atoms with Gasteiger partial charge in [-0.25, -0.2) is 0 Å². The Kier molecular flexibility index (Phi) is 22.9. The minimum Gasteiger partial charge on any atom is -1.00 e. The van der Waals surface area contributed by atoms with Gasteiger partial charge in [0.2, 0.25) is 0 Å². The Morgan fingerprint density at radius 3 is 1.18 bits per heavy atom. The van der Waals surface area contributed by atoms with Gasteiger partial charge in [0.25, 0.3) is 0 Å². The molecule has 0 aromatic heterocycles. The second-order valence-corrected chi connectivity index (χ2v) is 12.7. The van der Waals surface area contributed by atoms with Crippen molar-refractivity contribution in [3.63, 3.8) is 0 Å². The Labute approximate surface area is 307 Å². The topological polar surface area (TPSA) is 55.8 Å². The van der Waals surface area contributed by atoms with Crippen LogP contribution in [0.3, 0.4) is 0 Å². The molecule has 1 N–H and O–H groups in total. The van der Waals surface area contributed by atoms with Crippen LogP contribution in [0.4, 0.5) is 0 Å². The number of halogens is 3. The van der Waals surface area contributed by atoms with Crippen LogP contribution in [0.15, 0.2) is 110 Å². The van der Waals surface area contributed by atoms with Crippen molar-refractivity contribution in [3.8, 4) is 0 Å². The fourth-order valence-corrected chi connectivity index (χ4v) is 4.47. The van der Waals surface area contributed by atoms with E-state index in [1.54, 1.807) is 0 Å². The van der Waals surface area contributed by atoms with Crippen LogP contribution in [-0.4, -0.2) is 60.9 Å². The number of carbonyl (C=O) groups excluding carboxylic acids is 1. The van der Waals surface area contributed by atoms with Gasteiger partial charge in [0, 0.05) is 45.4 Å². The second-order valence-electron chi connectivity index (χ2n) is 9.97. The number of aldehydes is 1. The van der Waals surface area contributed by atoms with Gasteiger partial charge in [-0.15, -0.1) is 0 Å². The van der Waals surface area contributed by atoms with Crippen molar-refractivity contribution in [3.05, 3.63) is 138 Å². The standard InChI is InChI=1S/C14H13BrO.C8H8O.C6H4Br2.2C4H8O.Mg.2H/c1-10-2-4-11(5-3-10)14(16)12-6-8-13(15)9-7-12;1-7-2-4-8(6-9)5-3-7;7-5-1-2-6(8)4-3-5;2*1-2-4-5-3-1;;;/h2-9,14,16H,1H3;2-6H,1H3;1-4H;2*1-4H2;;;/q;;;;;+2;2*-1. The second kappa shape index (κ2) is 24.8. The van der Waals surface area contributed by atoms with Crippen LogP contribution < -0.4 is 0 Å². The summed E-state index contributed by atoms with van der Waals surface area (Å²) in [7, 11) is 0. The Morgan fingerprint density at radius 2 is 0.886 bits per heavy atom. The van der Waals surface area contributed by atoms with Gasteiger partial charge in [-0.1, -0.05) is 120 Å². The molecule has 0 aliphatic carbocycles. The molecule has 2 saturated heterocycles. The monoisotopic (exact) mass is 800 g/mol. The van der Waals surface area contributed by atoms with Crippen molar-refractivity contribution in [1.29, 1.82) is 0 Å². The van der Waals surface area contributed by atoms with E-state index < -0.39 is 6.10 Å². The smallest absolute Gasteiger partial charge is 1.00 e. The van der Waals surface area contributed by atoms with E-state index in [2.05, 4.69) is 47.8 Å². The molecule has 44 heavy (non-hydrogen) atoms. The molecule has 1 atom stereocenters. The number of benzene rings is 4. The van der Waals surface area contributed by atoms with Crippen molar-refractivity contribution in [1.82, 2.24) is 0 Å². The Balaban J connectivity index is 0. The number of carbonyl (C=O) groups is 1. The predicted molar refractivity (Wildman–Crippen MR) is 196 cm³/mol. The summed E-state index contributed by atoms with van der Waals surface area (Å²) in [6, 6.07) is 31.1. The predicted octanol–water partition coefficient (Wildman–Crippen LogP) is 10.3. The van der Waals surface area contributed by atoms with Gasteiger partial charge in [0.15, 0.2) is 0 Å². The molecular formula is C36H43Br3MgO4. The summed E-state index contributed by atoms with van der Waals surface area (Å²) in [5.74, 6) is 0. The van der Waals surface area contributed by atoms with E-state index in [4.69, 9.17) is 9.47 Å². The molecule has 234 valence electrons. The third-order valence-corrected chi connectivity index (χ3v) is 7.84. The van der Waals surface area contributed by atoms with E-state index >= 15 is 0 Å². The van der Waals surface area contributed by atoms with Crippen LogP contribution in [0.5, 0.6) is 0 Å². The molecule has 4 nitrogen and oxygen atoms in total. The summed E-state index contributed by atoms with van der Waals surface area (Å²) in [6.07, 6.45) is 5.41. The number of aryl methyl sites for hydroxylation is 2. The largest absolute Gasteiger partial charge is 2.00 e. The zero-order chi connectivity index (χ0) is 31.3. The summed E-state index contributed by atoms with van der Waals surface area (Å²) < 4.78 is 13.1. The summed E-state index contributed by atoms with van der Waals surface area (Å²) >= 11 is 10.0. The molecule has 0 radical (unpaired) electrons. The summed E-state index contributed by atoms with van der Waals surface area (Å²) in [5.41, 5.74) is 4.95. The Bertz CT molecular complexity index is 1200. The molecule has 1 unspecified atom stereocenters. The number of rotatable bonds is 3. The van der Waals surface area contributed by atoms with Crippen LogP contribution in [0.25, 0.3) is 0 Å². The number of aliphatic hydroxyl groups is 1. The van der Waals surface area contributed by atoms with E-state index in [9.17, 15) is 9.90 Å². The van der Waals surface area contributed by atoms with Crippen molar-refractivity contribution >= 4 is 77.1 Å². The molecule has 2 heterocycles. The van der Waals surface area contributed by atoms with Crippen LogP contribution in [0.2, 0.25) is 0 Å². The first-order chi connectivity index (χ1) is 20.8. The van der Waals surface area contributed by atoms with Crippen molar-refractivity contribution in [2.45, 2.75) is 45.6 Å². The van der Waals surface area contributed by atoms with E-state index in [-0.39, 0.29) is 25.9 Å². The Morgan fingerprint density at radius 1 is 0.591 bits per heavy atom. The van der Waals surface area contributed by atoms with E-state index in [0.717, 1.165) is 62.8 Å². The fourth-order valence-electron chi connectivity index (χ4n) is 3.68. The Hall–Kier alpha value is -1.36. The van der Waals surface area contributed by atoms with Gasteiger partial charge in [-0.2, -0.15) is 0 Å². The van der Waals surface area contributed by atoms with Crippen LogP contribution >= 0.6 is 47.8 Å². The van der Waals surface area contributed by atoms with Crippen LogP contribution in [-0.2, 0) is 9.47 Å². The zero-order valence-corrected chi connectivity index (χ0v) is 31.7. The maximum atomic E-state index is 10.2. The van der Waals surface area contributed by atoms with Gasteiger partial charge in [-0.3, -0.25) is 4.79 Å². The van der Waals surface area contributed by atoms with Gasteiger partial charge in [-0.05, 0) is 87.1 Å². The summed E-state index contributed by atoms with van der Waals surface area (Å²) in [4.78, 5) is 10.1.